The monoisotopic (exact) mass is 389 g/mol. The SMILES string of the molecule is COC(=O)c1ccc(NC(=O)N2CC(=O)N(CCC(F)(F)F)C2)cc1OC. The number of ether oxygens (including phenoxy) is 2. The summed E-state index contributed by atoms with van der Waals surface area (Å²) in [5.74, 6) is -1.01. The number of anilines is 1. The molecule has 0 unspecified atom stereocenters. The molecule has 0 radical (unpaired) electrons. The average Bonchev–Trinajstić information content (AvgIpc) is 2.99. The lowest BCUT2D eigenvalue weighted by Crippen LogP contribution is -2.35. The summed E-state index contributed by atoms with van der Waals surface area (Å²) in [4.78, 5) is 37.7. The van der Waals surface area contributed by atoms with Crippen LogP contribution in [-0.4, -0.2) is 67.9 Å². The van der Waals surface area contributed by atoms with Crippen molar-refractivity contribution in [2.45, 2.75) is 12.6 Å². The van der Waals surface area contributed by atoms with Crippen LogP contribution in [0.1, 0.15) is 16.8 Å². The van der Waals surface area contributed by atoms with E-state index in [4.69, 9.17) is 4.74 Å². The van der Waals surface area contributed by atoms with Crippen LogP contribution in [0.15, 0.2) is 18.2 Å². The molecule has 0 aliphatic carbocycles. The molecule has 8 nitrogen and oxygen atoms in total. The molecule has 0 aromatic heterocycles. The molecule has 0 saturated carbocycles. The van der Waals surface area contributed by atoms with Gasteiger partial charge in [-0.2, -0.15) is 13.2 Å². The van der Waals surface area contributed by atoms with Crippen LogP contribution < -0.4 is 10.1 Å². The number of carbonyl (C=O) groups is 3. The van der Waals surface area contributed by atoms with Gasteiger partial charge in [-0.15, -0.1) is 0 Å². The van der Waals surface area contributed by atoms with E-state index in [0.717, 1.165) is 9.80 Å². The van der Waals surface area contributed by atoms with E-state index in [9.17, 15) is 27.6 Å². The van der Waals surface area contributed by atoms with E-state index in [0.29, 0.717) is 0 Å². The highest BCUT2D eigenvalue weighted by Gasteiger charge is 2.34. The second-order valence-electron chi connectivity index (χ2n) is 5.70. The molecule has 1 fully saturated rings. The van der Waals surface area contributed by atoms with Crippen LogP contribution in [0.4, 0.5) is 23.7 Å². The Kier molecular flexibility index (Phi) is 6.13. The third-order valence-electron chi connectivity index (χ3n) is 3.83. The molecule has 0 atom stereocenters. The zero-order valence-electron chi connectivity index (χ0n) is 14.6. The van der Waals surface area contributed by atoms with Crippen molar-refractivity contribution in [1.29, 1.82) is 0 Å². The fourth-order valence-corrected chi connectivity index (χ4v) is 2.44. The van der Waals surface area contributed by atoms with Gasteiger partial charge in [-0.25, -0.2) is 9.59 Å². The van der Waals surface area contributed by atoms with Crippen molar-refractivity contribution >= 4 is 23.6 Å². The number of methoxy groups -OCH3 is 2. The summed E-state index contributed by atoms with van der Waals surface area (Å²) >= 11 is 0. The van der Waals surface area contributed by atoms with Gasteiger partial charge in [0.25, 0.3) is 0 Å². The van der Waals surface area contributed by atoms with Crippen LogP contribution in [0.2, 0.25) is 0 Å². The standard InChI is InChI=1S/C16H18F3N3O5/c1-26-12-7-10(3-4-11(12)14(24)27-2)20-15(25)22-8-13(23)21(9-22)6-5-16(17,18)19/h3-4,7H,5-6,8-9H2,1-2H3,(H,20,25). The fraction of sp³-hybridized carbons (Fsp3) is 0.438. The molecule has 1 aliphatic rings. The van der Waals surface area contributed by atoms with Gasteiger partial charge in [-0.05, 0) is 12.1 Å². The molecule has 1 aromatic carbocycles. The molecule has 27 heavy (non-hydrogen) atoms. The second-order valence-corrected chi connectivity index (χ2v) is 5.70. The third-order valence-corrected chi connectivity index (χ3v) is 3.83. The summed E-state index contributed by atoms with van der Waals surface area (Å²) in [6, 6.07) is 3.56. The first-order valence-corrected chi connectivity index (χ1v) is 7.81. The van der Waals surface area contributed by atoms with Gasteiger partial charge in [0.15, 0.2) is 0 Å². The zero-order valence-corrected chi connectivity index (χ0v) is 14.6. The van der Waals surface area contributed by atoms with Crippen molar-refractivity contribution in [3.8, 4) is 5.75 Å². The van der Waals surface area contributed by atoms with Crippen molar-refractivity contribution in [3.05, 3.63) is 23.8 Å². The summed E-state index contributed by atoms with van der Waals surface area (Å²) in [5, 5.41) is 2.51. The van der Waals surface area contributed by atoms with Gasteiger partial charge < -0.3 is 19.7 Å². The highest BCUT2D eigenvalue weighted by Crippen LogP contribution is 2.25. The van der Waals surface area contributed by atoms with E-state index in [-0.39, 0.29) is 30.2 Å². The Morgan fingerprint density at radius 2 is 1.96 bits per heavy atom. The van der Waals surface area contributed by atoms with E-state index in [1.54, 1.807) is 0 Å². The number of halogens is 3. The minimum atomic E-state index is -4.38. The Morgan fingerprint density at radius 3 is 2.56 bits per heavy atom. The van der Waals surface area contributed by atoms with Gasteiger partial charge in [-0.1, -0.05) is 0 Å². The van der Waals surface area contributed by atoms with E-state index >= 15 is 0 Å². The number of urea groups is 1. The van der Waals surface area contributed by atoms with Gasteiger partial charge in [0.05, 0.1) is 27.3 Å². The van der Waals surface area contributed by atoms with Crippen molar-refractivity contribution in [3.63, 3.8) is 0 Å². The van der Waals surface area contributed by atoms with Crippen LogP contribution in [0.5, 0.6) is 5.75 Å². The maximum Gasteiger partial charge on any atom is 0.390 e. The van der Waals surface area contributed by atoms with Crippen LogP contribution in [-0.2, 0) is 9.53 Å². The Labute approximate surface area is 152 Å². The minimum absolute atomic E-state index is 0.160. The largest absolute Gasteiger partial charge is 0.496 e. The van der Waals surface area contributed by atoms with Gasteiger partial charge in [-0.3, -0.25) is 9.69 Å². The van der Waals surface area contributed by atoms with Gasteiger partial charge in [0.1, 0.15) is 17.9 Å². The predicted molar refractivity (Wildman–Crippen MR) is 87.3 cm³/mol. The molecule has 2 rings (SSSR count). The van der Waals surface area contributed by atoms with E-state index < -0.39 is 37.0 Å². The number of hydrogen-bond donors (Lipinski definition) is 1. The average molecular weight is 389 g/mol. The Bertz CT molecular complexity index is 739. The van der Waals surface area contributed by atoms with Gasteiger partial charge in [0, 0.05) is 18.3 Å². The second kappa shape index (κ2) is 8.14. The van der Waals surface area contributed by atoms with Crippen molar-refractivity contribution < 1.29 is 37.0 Å². The molecule has 1 saturated heterocycles. The van der Waals surface area contributed by atoms with Gasteiger partial charge in [0.2, 0.25) is 5.91 Å². The van der Waals surface area contributed by atoms with Crippen molar-refractivity contribution in [2.75, 3.05) is 39.3 Å². The number of esters is 1. The first kappa shape index (κ1) is 20.3. The number of nitrogens with one attached hydrogen (secondary N) is 1. The molecule has 1 aliphatic heterocycles. The van der Waals surface area contributed by atoms with E-state index in [1.165, 1.54) is 32.4 Å². The molecule has 11 heteroatoms. The summed E-state index contributed by atoms with van der Waals surface area (Å²) in [6.45, 7) is -1.06. The van der Waals surface area contributed by atoms with Crippen LogP contribution >= 0.6 is 0 Å². The lowest BCUT2D eigenvalue weighted by molar-refractivity contribution is -0.142. The summed E-state index contributed by atoms with van der Waals surface area (Å²) in [7, 11) is 2.55. The zero-order chi connectivity index (χ0) is 20.2. The van der Waals surface area contributed by atoms with Crippen LogP contribution in [0.25, 0.3) is 0 Å². The third kappa shape index (κ3) is 5.25. The molecular weight excluding hydrogens is 371 g/mol. The number of alkyl halides is 3. The highest BCUT2D eigenvalue weighted by atomic mass is 19.4. The molecular formula is C16H18F3N3O5. The molecule has 0 bridgehead atoms. The predicted octanol–water partition coefficient (Wildman–Crippen LogP) is 2.07. The van der Waals surface area contributed by atoms with Crippen LogP contribution in [0, 0.1) is 0 Å². The quantitative estimate of drug-likeness (QED) is 0.779. The minimum Gasteiger partial charge on any atom is -0.496 e. The molecule has 0 spiro atoms. The lowest BCUT2D eigenvalue weighted by Gasteiger charge is -2.19. The molecule has 1 N–H and O–H groups in total. The Morgan fingerprint density at radius 1 is 1.26 bits per heavy atom. The van der Waals surface area contributed by atoms with E-state index in [2.05, 4.69) is 10.1 Å². The molecule has 148 valence electrons. The fourth-order valence-electron chi connectivity index (χ4n) is 2.44. The summed E-state index contributed by atoms with van der Waals surface area (Å²) in [6.07, 6.45) is -5.52. The number of hydrogen-bond acceptors (Lipinski definition) is 5. The van der Waals surface area contributed by atoms with Crippen LogP contribution in [0.3, 0.4) is 0 Å². The number of amides is 3. The Hall–Kier alpha value is -2.98. The first-order valence-electron chi connectivity index (χ1n) is 7.81. The van der Waals surface area contributed by atoms with E-state index in [1.807, 2.05) is 0 Å². The number of nitrogens with zero attached hydrogens (tertiary/aromatic N) is 2. The molecule has 1 heterocycles. The molecule has 3 amide bonds. The van der Waals surface area contributed by atoms with Crippen molar-refractivity contribution in [1.82, 2.24) is 9.80 Å². The first-order chi connectivity index (χ1) is 12.6. The maximum absolute atomic E-state index is 12.3. The highest BCUT2D eigenvalue weighted by molar-refractivity contribution is 5.96. The number of rotatable bonds is 5. The Balaban J connectivity index is 2.01. The van der Waals surface area contributed by atoms with Crippen molar-refractivity contribution in [2.24, 2.45) is 0 Å². The smallest absolute Gasteiger partial charge is 0.390 e. The maximum atomic E-state index is 12.3. The lowest BCUT2D eigenvalue weighted by atomic mass is 10.2. The molecule has 1 aromatic rings. The number of carbonyl (C=O) groups excluding carboxylic acids is 3. The summed E-state index contributed by atoms with van der Waals surface area (Å²) in [5.41, 5.74) is 0.443. The van der Waals surface area contributed by atoms with Gasteiger partial charge >= 0.3 is 18.2 Å². The normalized spacial score (nSPS) is 14.3. The number of benzene rings is 1. The topological polar surface area (TPSA) is 88.2 Å². The summed E-state index contributed by atoms with van der Waals surface area (Å²) < 4.78 is 46.6.